The predicted molar refractivity (Wildman–Crippen MR) is 56.9 cm³/mol. The Bertz CT molecular complexity index is 344. The summed E-state index contributed by atoms with van der Waals surface area (Å²) in [5.74, 6) is 1.56. The SMILES string of the molecule is C/C(=C\CS(C)(=O)=O)C1C2CNC1C2. The molecule has 3 aliphatic rings. The summed E-state index contributed by atoms with van der Waals surface area (Å²) in [5.41, 5.74) is 1.25. The first-order chi connectivity index (χ1) is 6.47. The van der Waals surface area contributed by atoms with Gasteiger partial charge in [-0.3, -0.25) is 0 Å². The second kappa shape index (κ2) is 3.35. The maximum atomic E-state index is 11.0. The van der Waals surface area contributed by atoms with Crippen molar-refractivity contribution in [3.63, 3.8) is 0 Å². The lowest BCUT2D eigenvalue weighted by Gasteiger charge is -2.35. The van der Waals surface area contributed by atoms with E-state index in [1.807, 2.05) is 6.08 Å². The zero-order valence-corrected chi connectivity index (χ0v) is 9.47. The van der Waals surface area contributed by atoms with Crippen LogP contribution in [0.5, 0.6) is 0 Å². The average molecular weight is 215 g/mol. The van der Waals surface area contributed by atoms with Crippen LogP contribution in [-0.2, 0) is 9.84 Å². The van der Waals surface area contributed by atoms with Crippen molar-refractivity contribution in [2.24, 2.45) is 11.8 Å². The molecule has 2 heterocycles. The fourth-order valence-electron chi connectivity index (χ4n) is 2.58. The van der Waals surface area contributed by atoms with Gasteiger partial charge in [0, 0.05) is 12.3 Å². The molecule has 0 spiro atoms. The van der Waals surface area contributed by atoms with Gasteiger partial charge in [0.05, 0.1) is 5.75 Å². The Morgan fingerprint density at radius 1 is 1.57 bits per heavy atom. The highest BCUT2D eigenvalue weighted by molar-refractivity contribution is 7.90. The summed E-state index contributed by atoms with van der Waals surface area (Å²) in [6, 6.07) is 0.621. The lowest BCUT2D eigenvalue weighted by atomic mass is 9.70. The van der Waals surface area contributed by atoms with Crippen LogP contribution < -0.4 is 5.32 Å². The Hall–Kier alpha value is -0.350. The minimum Gasteiger partial charge on any atom is -0.313 e. The number of rotatable bonds is 3. The molecule has 1 N–H and O–H groups in total. The third kappa shape index (κ3) is 1.86. The normalized spacial score (nSPS) is 37.0. The van der Waals surface area contributed by atoms with Crippen molar-refractivity contribution in [2.45, 2.75) is 19.4 Å². The molecule has 14 heavy (non-hydrogen) atoms. The first-order valence-corrected chi connectivity index (χ1v) is 7.11. The first kappa shape index (κ1) is 10.2. The molecule has 3 atom stereocenters. The lowest BCUT2D eigenvalue weighted by Crippen LogP contribution is -2.37. The van der Waals surface area contributed by atoms with Crippen LogP contribution in [0.2, 0.25) is 0 Å². The Labute approximate surface area is 85.5 Å². The van der Waals surface area contributed by atoms with Gasteiger partial charge >= 0.3 is 0 Å². The van der Waals surface area contributed by atoms with Gasteiger partial charge in [-0.1, -0.05) is 11.6 Å². The van der Waals surface area contributed by atoms with E-state index in [9.17, 15) is 8.42 Å². The summed E-state index contributed by atoms with van der Waals surface area (Å²) in [4.78, 5) is 0. The van der Waals surface area contributed by atoms with Crippen molar-refractivity contribution in [3.05, 3.63) is 11.6 Å². The van der Waals surface area contributed by atoms with Gasteiger partial charge in [-0.25, -0.2) is 8.42 Å². The number of hydrogen-bond acceptors (Lipinski definition) is 3. The number of nitrogens with one attached hydrogen (secondary N) is 1. The highest BCUT2D eigenvalue weighted by Gasteiger charge is 2.46. The van der Waals surface area contributed by atoms with Gasteiger partial charge in [0.25, 0.3) is 0 Å². The summed E-state index contributed by atoms with van der Waals surface area (Å²) in [5, 5.41) is 3.43. The van der Waals surface area contributed by atoms with Crippen LogP contribution in [-0.4, -0.2) is 33.0 Å². The lowest BCUT2D eigenvalue weighted by molar-refractivity contribution is 0.258. The zero-order chi connectivity index (χ0) is 10.3. The fraction of sp³-hybridized carbons (Fsp3) is 0.800. The molecular weight excluding hydrogens is 198 g/mol. The van der Waals surface area contributed by atoms with E-state index in [2.05, 4.69) is 12.2 Å². The van der Waals surface area contributed by atoms with Crippen LogP contribution in [0.25, 0.3) is 0 Å². The van der Waals surface area contributed by atoms with Crippen molar-refractivity contribution in [2.75, 3.05) is 18.6 Å². The summed E-state index contributed by atoms with van der Waals surface area (Å²) in [6.07, 6.45) is 4.44. The van der Waals surface area contributed by atoms with Gasteiger partial charge in [-0.2, -0.15) is 0 Å². The largest absolute Gasteiger partial charge is 0.313 e. The van der Waals surface area contributed by atoms with Gasteiger partial charge in [0.15, 0.2) is 9.84 Å². The van der Waals surface area contributed by atoms with Crippen molar-refractivity contribution < 1.29 is 8.42 Å². The second-order valence-corrected chi connectivity index (χ2v) is 6.76. The Morgan fingerprint density at radius 3 is 2.71 bits per heavy atom. The quantitative estimate of drug-likeness (QED) is 0.701. The molecule has 0 aromatic heterocycles. The second-order valence-electron chi connectivity index (χ2n) is 4.58. The Morgan fingerprint density at radius 2 is 2.29 bits per heavy atom. The van der Waals surface area contributed by atoms with Gasteiger partial charge in [0.2, 0.25) is 0 Å². The van der Waals surface area contributed by atoms with Gasteiger partial charge in [-0.15, -0.1) is 0 Å². The molecule has 0 aromatic rings. The van der Waals surface area contributed by atoms with Crippen molar-refractivity contribution in [1.82, 2.24) is 5.32 Å². The molecule has 0 aromatic carbocycles. The van der Waals surface area contributed by atoms with Crippen LogP contribution in [0.4, 0.5) is 0 Å². The highest BCUT2D eigenvalue weighted by atomic mass is 32.2. The van der Waals surface area contributed by atoms with Crippen LogP contribution in [0, 0.1) is 11.8 Å². The molecule has 0 amide bonds. The standard InChI is InChI=1S/C10H17NO2S/c1-7(3-4-14(2,12)13)10-8-5-9(10)11-6-8/h3,8-11H,4-6H2,1-2H3/b7-3+. The molecular formula is C10H17NO2S. The molecule has 1 aliphatic carbocycles. The fourth-order valence-corrected chi connectivity index (χ4v) is 3.15. The number of hydrogen-bond donors (Lipinski definition) is 1. The van der Waals surface area contributed by atoms with Crippen LogP contribution in [0.15, 0.2) is 11.6 Å². The minimum atomic E-state index is -2.85. The molecule has 4 heteroatoms. The summed E-state index contributed by atoms with van der Waals surface area (Å²) < 4.78 is 22.0. The smallest absolute Gasteiger partial charge is 0.151 e. The summed E-state index contributed by atoms with van der Waals surface area (Å²) in [7, 11) is -2.85. The molecule has 2 bridgehead atoms. The number of sulfone groups is 1. The molecule has 3 rings (SSSR count). The van der Waals surface area contributed by atoms with Gasteiger partial charge < -0.3 is 5.32 Å². The van der Waals surface area contributed by atoms with Crippen LogP contribution in [0.3, 0.4) is 0 Å². The third-order valence-electron chi connectivity index (χ3n) is 3.37. The van der Waals surface area contributed by atoms with Gasteiger partial charge in [0.1, 0.15) is 0 Å². The predicted octanol–water partition coefficient (Wildman–Crippen LogP) is 0.585. The molecule has 1 saturated carbocycles. The molecule has 80 valence electrons. The topological polar surface area (TPSA) is 46.2 Å². The molecule has 3 nitrogen and oxygen atoms in total. The van der Waals surface area contributed by atoms with Crippen molar-refractivity contribution in [1.29, 1.82) is 0 Å². The maximum absolute atomic E-state index is 11.0. The third-order valence-corrected chi connectivity index (χ3v) is 4.15. The molecule has 2 saturated heterocycles. The first-order valence-electron chi connectivity index (χ1n) is 5.05. The monoisotopic (exact) mass is 215 g/mol. The summed E-state index contributed by atoms with van der Waals surface area (Å²) in [6.45, 7) is 3.17. The van der Waals surface area contributed by atoms with Crippen molar-refractivity contribution >= 4 is 9.84 Å². The maximum Gasteiger partial charge on any atom is 0.151 e. The van der Waals surface area contributed by atoms with E-state index < -0.39 is 9.84 Å². The highest BCUT2D eigenvalue weighted by Crippen LogP contribution is 2.44. The molecule has 2 aliphatic heterocycles. The van der Waals surface area contributed by atoms with E-state index in [0.29, 0.717) is 12.0 Å². The van der Waals surface area contributed by atoms with Gasteiger partial charge in [-0.05, 0) is 31.7 Å². The molecule has 3 unspecified atom stereocenters. The average Bonchev–Trinajstić information content (AvgIpc) is 2.58. The van der Waals surface area contributed by atoms with E-state index >= 15 is 0 Å². The molecule has 0 radical (unpaired) electrons. The molecule has 3 fully saturated rings. The van der Waals surface area contributed by atoms with E-state index in [0.717, 1.165) is 12.5 Å². The Balaban J connectivity index is 1.99. The van der Waals surface area contributed by atoms with Crippen LogP contribution >= 0.6 is 0 Å². The minimum absolute atomic E-state index is 0.189. The van der Waals surface area contributed by atoms with E-state index in [1.54, 1.807) is 0 Å². The van der Waals surface area contributed by atoms with E-state index in [-0.39, 0.29) is 5.75 Å². The zero-order valence-electron chi connectivity index (χ0n) is 8.66. The Kier molecular flexibility index (Phi) is 2.43. The van der Waals surface area contributed by atoms with E-state index in [4.69, 9.17) is 0 Å². The van der Waals surface area contributed by atoms with Crippen molar-refractivity contribution in [3.8, 4) is 0 Å². The summed E-state index contributed by atoms with van der Waals surface area (Å²) >= 11 is 0. The number of fused-ring (bicyclic) bond motifs is 1. The van der Waals surface area contributed by atoms with E-state index in [1.165, 1.54) is 18.2 Å². The van der Waals surface area contributed by atoms with Crippen LogP contribution in [0.1, 0.15) is 13.3 Å².